The zero-order chi connectivity index (χ0) is 13.6. The van der Waals surface area contributed by atoms with Crippen molar-refractivity contribution in [2.24, 2.45) is 5.41 Å². The van der Waals surface area contributed by atoms with E-state index in [4.69, 9.17) is 0 Å². The van der Waals surface area contributed by atoms with Gasteiger partial charge in [0.2, 0.25) is 5.91 Å². The molecular formula is C15H21N3O. The molecule has 1 aromatic heterocycles. The first kappa shape index (κ1) is 12.6. The Bertz CT molecular complexity index is 506. The molecule has 3 heterocycles. The fraction of sp³-hybridized carbons (Fsp3) is 0.667. The minimum Gasteiger partial charge on any atom is -0.332 e. The van der Waals surface area contributed by atoms with Gasteiger partial charge in [0.15, 0.2) is 0 Å². The van der Waals surface area contributed by atoms with Gasteiger partial charge in [0, 0.05) is 30.6 Å². The molecule has 2 aliphatic heterocycles. The maximum absolute atomic E-state index is 12.6. The van der Waals surface area contributed by atoms with E-state index in [0.717, 1.165) is 25.0 Å². The lowest BCUT2D eigenvalue weighted by Crippen LogP contribution is -2.43. The van der Waals surface area contributed by atoms with Crippen molar-refractivity contribution in [2.45, 2.75) is 58.5 Å². The Morgan fingerprint density at radius 3 is 2.95 bits per heavy atom. The smallest absolute Gasteiger partial charge is 0.223 e. The van der Waals surface area contributed by atoms with Crippen LogP contribution in [0.1, 0.15) is 57.3 Å². The average Bonchev–Trinajstić information content (AvgIpc) is 2.63. The minimum absolute atomic E-state index is 0.0456. The Morgan fingerprint density at radius 2 is 2.21 bits per heavy atom. The van der Waals surface area contributed by atoms with E-state index in [1.165, 1.54) is 5.56 Å². The highest BCUT2D eigenvalue weighted by Crippen LogP contribution is 2.43. The van der Waals surface area contributed by atoms with E-state index in [2.05, 4.69) is 35.6 Å². The lowest BCUT2D eigenvalue weighted by molar-refractivity contribution is -0.136. The number of carbonyl (C=O) groups excluding carboxylic acids is 1. The number of nitrogens with zero attached hydrogens (tertiary/aromatic N) is 3. The molecule has 0 N–H and O–H groups in total. The zero-order valence-corrected chi connectivity index (χ0v) is 11.9. The van der Waals surface area contributed by atoms with Gasteiger partial charge in [-0.15, -0.1) is 0 Å². The standard InChI is InChI=1S/C15H21N3O/c1-15(2,3)7-14(19)18-10-4-5-13(18)11-8-16-9-17-12(11)6-10/h8-10,13H,4-7H2,1-3H3. The average molecular weight is 259 g/mol. The normalized spacial score (nSPS) is 25.3. The van der Waals surface area contributed by atoms with Crippen LogP contribution in [0.5, 0.6) is 0 Å². The molecule has 102 valence electrons. The molecule has 4 heteroatoms. The summed E-state index contributed by atoms with van der Waals surface area (Å²) in [4.78, 5) is 23.2. The minimum atomic E-state index is 0.0456. The van der Waals surface area contributed by atoms with Crippen molar-refractivity contribution in [3.8, 4) is 0 Å². The van der Waals surface area contributed by atoms with Gasteiger partial charge in [0.25, 0.3) is 0 Å². The van der Waals surface area contributed by atoms with Gasteiger partial charge in [-0.1, -0.05) is 20.8 Å². The lowest BCUT2D eigenvalue weighted by atomic mass is 9.90. The third-order valence-corrected chi connectivity index (χ3v) is 4.09. The SMILES string of the molecule is CC(C)(C)CC(=O)N1C2CCC1c1cncnc1C2. The summed E-state index contributed by atoms with van der Waals surface area (Å²) in [6, 6.07) is 0.562. The molecule has 2 unspecified atom stereocenters. The number of hydrogen-bond acceptors (Lipinski definition) is 3. The predicted molar refractivity (Wildman–Crippen MR) is 72.4 cm³/mol. The first-order valence-corrected chi connectivity index (χ1v) is 7.06. The zero-order valence-electron chi connectivity index (χ0n) is 11.9. The number of amides is 1. The fourth-order valence-corrected chi connectivity index (χ4v) is 3.35. The number of aromatic nitrogens is 2. The Morgan fingerprint density at radius 1 is 1.42 bits per heavy atom. The van der Waals surface area contributed by atoms with E-state index in [-0.39, 0.29) is 17.4 Å². The van der Waals surface area contributed by atoms with Crippen molar-refractivity contribution in [1.82, 2.24) is 14.9 Å². The molecule has 0 spiro atoms. The van der Waals surface area contributed by atoms with Crippen molar-refractivity contribution < 1.29 is 4.79 Å². The second kappa shape index (κ2) is 4.29. The molecule has 0 radical (unpaired) electrons. The highest BCUT2D eigenvalue weighted by Gasteiger charge is 2.43. The lowest BCUT2D eigenvalue weighted by Gasteiger charge is -2.37. The first-order valence-electron chi connectivity index (χ1n) is 7.06. The van der Waals surface area contributed by atoms with Crippen molar-refractivity contribution in [2.75, 3.05) is 0 Å². The molecule has 0 aromatic carbocycles. The summed E-state index contributed by atoms with van der Waals surface area (Å²) in [6.45, 7) is 6.36. The molecule has 0 saturated carbocycles. The van der Waals surface area contributed by atoms with Crippen LogP contribution in [0.2, 0.25) is 0 Å². The molecule has 1 fully saturated rings. The van der Waals surface area contributed by atoms with Gasteiger partial charge < -0.3 is 4.90 Å². The molecular weight excluding hydrogens is 238 g/mol. The Hall–Kier alpha value is -1.45. The third kappa shape index (κ3) is 2.24. The van der Waals surface area contributed by atoms with Gasteiger partial charge in [0.05, 0.1) is 11.7 Å². The Labute approximate surface area is 114 Å². The summed E-state index contributed by atoms with van der Waals surface area (Å²) in [6.07, 6.45) is 7.17. The highest BCUT2D eigenvalue weighted by atomic mass is 16.2. The second-order valence-corrected chi connectivity index (χ2v) is 6.91. The molecule has 1 saturated heterocycles. The number of rotatable bonds is 1. The maximum Gasteiger partial charge on any atom is 0.223 e. The molecule has 1 aromatic rings. The topological polar surface area (TPSA) is 46.1 Å². The molecule has 19 heavy (non-hydrogen) atoms. The van der Waals surface area contributed by atoms with Crippen molar-refractivity contribution >= 4 is 5.91 Å². The third-order valence-electron chi connectivity index (χ3n) is 4.09. The van der Waals surface area contributed by atoms with Crippen LogP contribution in [0.25, 0.3) is 0 Å². The first-order chi connectivity index (χ1) is 8.96. The van der Waals surface area contributed by atoms with Crippen LogP contribution in [0, 0.1) is 5.41 Å². The van der Waals surface area contributed by atoms with E-state index < -0.39 is 0 Å². The van der Waals surface area contributed by atoms with Crippen LogP contribution in [0.15, 0.2) is 12.5 Å². The summed E-state index contributed by atoms with van der Waals surface area (Å²) in [5, 5.41) is 0. The van der Waals surface area contributed by atoms with E-state index >= 15 is 0 Å². The molecule has 2 atom stereocenters. The Kier molecular flexibility index (Phi) is 2.84. The number of carbonyl (C=O) groups is 1. The van der Waals surface area contributed by atoms with Gasteiger partial charge >= 0.3 is 0 Å². The monoisotopic (exact) mass is 259 g/mol. The summed E-state index contributed by atoms with van der Waals surface area (Å²) in [5.41, 5.74) is 2.35. The van der Waals surface area contributed by atoms with Gasteiger partial charge in [-0.2, -0.15) is 0 Å². The van der Waals surface area contributed by atoms with E-state index in [1.54, 1.807) is 6.33 Å². The van der Waals surface area contributed by atoms with Crippen LogP contribution >= 0.6 is 0 Å². The quantitative estimate of drug-likeness (QED) is 0.778. The van der Waals surface area contributed by atoms with Crippen molar-refractivity contribution in [3.05, 3.63) is 23.8 Å². The Balaban J connectivity index is 1.88. The van der Waals surface area contributed by atoms with Crippen LogP contribution in [-0.2, 0) is 11.2 Å². The summed E-state index contributed by atoms with van der Waals surface area (Å²) in [5.74, 6) is 0.287. The highest BCUT2D eigenvalue weighted by molar-refractivity contribution is 5.78. The van der Waals surface area contributed by atoms with Crippen molar-refractivity contribution in [1.29, 1.82) is 0 Å². The van der Waals surface area contributed by atoms with E-state index in [1.807, 2.05) is 6.20 Å². The van der Waals surface area contributed by atoms with Crippen LogP contribution in [0.4, 0.5) is 0 Å². The van der Waals surface area contributed by atoms with Crippen LogP contribution in [0.3, 0.4) is 0 Å². The molecule has 2 aliphatic rings. The molecule has 3 rings (SSSR count). The van der Waals surface area contributed by atoms with Crippen LogP contribution < -0.4 is 0 Å². The predicted octanol–water partition coefficient (Wildman–Crippen LogP) is 2.50. The molecule has 1 amide bonds. The maximum atomic E-state index is 12.6. The summed E-state index contributed by atoms with van der Waals surface area (Å²) < 4.78 is 0. The largest absolute Gasteiger partial charge is 0.332 e. The van der Waals surface area contributed by atoms with Gasteiger partial charge in [0.1, 0.15) is 6.33 Å². The fourth-order valence-electron chi connectivity index (χ4n) is 3.35. The second-order valence-electron chi connectivity index (χ2n) is 6.91. The molecule has 4 nitrogen and oxygen atoms in total. The molecule has 2 bridgehead atoms. The van der Waals surface area contributed by atoms with Gasteiger partial charge in [-0.3, -0.25) is 4.79 Å². The number of fused-ring (bicyclic) bond motifs is 4. The number of hydrogen-bond donors (Lipinski definition) is 0. The van der Waals surface area contributed by atoms with Gasteiger partial charge in [-0.25, -0.2) is 9.97 Å². The van der Waals surface area contributed by atoms with E-state index in [0.29, 0.717) is 12.5 Å². The van der Waals surface area contributed by atoms with Crippen LogP contribution in [-0.4, -0.2) is 26.8 Å². The summed E-state index contributed by atoms with van der Waals surface area (Å²) in [7, 11) is 0. The van der Waals surface area contributed by atoms with E-state index in [9.17, 15) is 4.79 Å². The summed E-state index contributed by atoms with van der Waals surface area (Å²) >= 11 is 0. The van der Waals surface area contributed by atoms with Crippen molar-refractivity contribution in [3.63, 3.8) is 0 Å². The molecule has 0 aliphatic carbocycles. The van der Waals surface area contributed by atoms with Gasteiger partial charge in [-0.05, 0) is 18.3 Å².